The van der Waals surface area contributed by atoms with Crippen molar-refractivity contribution in [3.63, 3.8) is 0 Å². The third-order valence-electron chi connectivity index (χ3n) is 4.65. The monoisotopic (exact) mass is 331 g/mol. The molecule has 0 spiro atoms. The molecule has 122 valence electrons. The maximum absolute atomic E-state index is 4.76. The van der Waals surface area contributed by atoms with Crippen molar-refractivity contribution >= 4 is 14.3 Å². The lowest BCUT2D eigenvalue weighted by atomic mass is 9.83. The van der Waals surface area contributed by atoms with Gasteiger partial charge in [0.2, 0.25) is 0 Å². The van der Waals surface area contributed by atoms with E-state index in [0.29, 0.717) is 5.92 Å². The molecule has 0 amide bonds. The number of hydrogen-bond donors (Lipinski definition) is 0. The Bertz CT molecular complexity index is 764. The molecule has 0 saturated heterocycles. The van der Waals surface area contributed by atoms with Crippen molar-refractivity contribution < 1.29 is 0 Å². The van der Waals surface area contributed by atoms with E-state index in [9.17, 15) is 0 Å². The van der Waals surface area contributed by atoms with Crippen molar-refractivity contribution in [1.82, 2.24) is 0 Å². The molecule has 2 unspecified atom stereocenters. The molecular formula is C22H25NSi. The van der Waals surface area contributed by atoms with Gasteiger partial charge in [0, 0.05) is 12.1 Å². The normalized spacial score (nSPS) is 20.1. The van der Waals surface area contributed by atoms with Crippen LogP contribution in [-0.2, 0) is 0 Å². The highest BCUT2D eigenvalue weighted by atomic mass is 28.3. The molecule has 0 radical (unpaired) electrons. The average Bonchev–Trinajstić information content (AvgIpc) is 2.54. The van der Waals surface area contributed by atoms with E-state index in [1.807, 2.05) is 12.3 Å². The van der Waals surface area contributed by atoms with Gasteiger partial charge in [-0.15, -0.1) is 0 Å². The van der Waals surface area contributed by atoms with Crippen LogP contribution in [0.3, 0.4) is 0 Å². The topological polar surface area (TPSA) is 12.4 Å². The maximum Gasteiger partial charge on any atom is 0.0788 e. The van der Waals surface area contributed by atoms with Crippen LogP contribution < -0.4 is 0 Å². The Kier molecular flexibility index (Phi) is 4.68. The molecule has 0 bridgehead atoms. The summed E-state index contributed by atoms with van der Waals surface area (Å²) in [5.41, 5.74) is 3.85. The largest absolute Gasteiger partial charge is 0.285 e. The van der Waals surface area contributed by atoms with Crippen molar-refractivity contribution in [2.45, 2.75) is 31.6 Å². The molecule has 1 aliphatic rings. The Morgan fingerprint density at radius 3 is 2.08 bits per heavy atom. The Morgan fingerprint density at radius 1 is 0.917 bits per heavy atom. The highest BCUT2D eigenvalue weighted by molar-refractivity contribution is 6.86. The van der Waals surface area contributed by atoms with E-state index in [2.05, 4.69) is 86.9 Å². The number of benzene rings is 2. The molecular weight excluding hydrogens is 306 g/mol. The van der Waals surface area contributed by atoms with E-state index in [-0.39, 0.29) is 6.04 Å². The van der Waals surface area contributed by atoms with Crippen LogP contribution in [0.25, 0.3) is 11.1 Å². The fraction of sp³-hybridized carbons (Fsp3) is 0.227. The van der Waals surface area contributed by atoms with Gasteiger partial charge >= 0.3 is 0 Å². The first-order valence-corrected chi connectivity index (χ1v) is 12.0. The van der Waals surface area contributed by atoms with Crippen LogP contribution in [0, 0.1) is 0 Å². The van der Waals surface area contributed by atoms with Gasteiger partial charge in [0.15, 0.2) is 0 Å². The van der Waals surface area contributed by atoms with Crippen LogP contribution >= 0.6 is 0 Å². The molecule has 0 saturated carbocycles. The zero-order chi connectivity index (χ0) is 17.2. The van der Waals surface area contributed by atoms with Crippen LogP contribution in [0.2, 0.25) is 19.6 Å². The van der Waals surface area contributed by atoms with E-state index >= 15 is 0 Å². The summed E-state index contributed by atoms with van der Waals surface area (Å²) in [7, 11) is -1.33. The molecule has 1 nitrogen and oxygen atoms in total. The molecule has 0 N–H and O–H groups in total. The number of hydrogen-bond acceptors (Lipinski definition) is 1. The lowest BCUT2D eigenvalue weighted by Gasteiger charge is -2.27. The molecule has 2 heteroatoms. The van der Waals surface area contributed by atoms with Gasteiger partial charge in [-0.05, 0) is 21.9 Å². The van der Waals surface area contributed by atoms with Crippen molar-refractivity contribution in [3.05, 3.63) is 84.1 Å². The zero-order valence-electron chi connectivity index (χ0n) is 14.7. The van der Waals surface area contributed by atoms with E-state index in [0.717, 1.165) is 0 Å². The second-order valence-electron chi connectivity index (χ2n) is 7.44. The van der Waals surface area contributed by atoms with Crippen molar-refractivity contribution in [2.24, 2.45) is 4.99 Å². The third kappa shape index (κ3) is 3.65. The standard InChI is InChI=1S/C22H25NSi/c1-17(24(2,3)4)16-23-22-15-14-21(22)20-12-10-19(11-13-20)18-8-6-5-7-9-18/h5-16,21-22H,1H2,2-4H3/b23-16+. The van der Waals surface area contributed by atoms with Gasteiger partial charge in [-0.1, -0.05) is 93.0 Å². The lowest BCUT2D eigenvalue weighted by Crippen LogP contribution is -2.26. The average molecular weight is 332 g/mol. The quantitative estimate of drug-likeness (QED) is 0.368. The number of allylic oxidation sites excluding steroid dienone is 1. The molecule has 0 aromatic heterocycles. The van der Waals surface area contributed by atoms with Gasteiger partial charge < -0.3 is 0 Å². The van der Waals surface area contributed by atoms with Gasteiger partial charge in [0.25, 0.3) is 0 Å². The highest BCUT2D eigenvalue weighted by Crippen LogP contribution is 2.33. The molecule has 0 fully saturated rings. The van der Waals surface area contributed by atoms with Gasteiger partial charge in [-0.3, -0.25) is 4.99 Å². The number of rotatable bonds is 5. The number of aliphatic imine (C=N–C) groups is 1. The Balaban J connectivity index is 1.71. The van der Waals surface area contributed by atoms with Crippen LogP contribution in [0.5, 0.6) is 0 Å². The summed E-state index contributed by atoms with van der Waals surface area (Å²) >= 11 is 0. The van der Waals surface area contributed by atoms with Gasteiger partial charge in [-0.25, -0.2) is 0 Å². The van der Waals surface area contributed by atoms with Gasteiger partial charge in [-0.2, -0.15) is 0 Å². The predicted octanol–water partition coefficient (Wildman–Crippen LogP) is 5.88. The summed E-state index contributed by atoms with van der Waals surface area (Å²) < 4.78 is 0. The van der Waals surface area contributed by atoms with Crippen LogP contribution in [0.4, 0.5) is 0 Å². The molecule has 3 rings (SSSR count). The molecule has 2 aromatic rings. The highest BCUT2D eigenvalue weighted by Gasteiger charge is 2.25. The fourth-order valence-electron chi connectivity index (χ4n) is 2.67. The summed E-state index contributed by atoms with van der Waals surface area (Å²) in [6, 6.07) is 19.6. The SMILES string of the molecule is C=C(/C=N/C1C=CC1c1ccc(-c2ccccc2)cc1)[Si](C)(C)C. The molecule has 24 heavy (non-hydrogen) atoms. The van der Waals surface area contributed by atoms with Gasteiger partial charge in [0.05, 0.1) is 14.1 Å². The minimum absolute atomic E-state index is 0.251. The van der Waals surface area contributed by atoms with Crippen LogP contribution in [0.1, 0.15) is 11.5 Å². The first-order chi connectivity index (χ1) is 11.4. The first kappa shape index (κ1) is 16.7. The van der Waals surface area contributed by atoms with Crippen LogP contribution in [-0.4, -0.2) is 20.3 Å². The van der Waals surface area contributed by atoms with Crippen molar-refractivity contribution in [3.8, 4) is 11.1 Å². The molecule has 2 aromatic carbocycles. The second-order valence-corrected chi connectivity index (χ2v) is 12.6. The second kappa shape index (κ2) is 6.74. The van der Waals surface area contributed by atoms with Crippen molar-refractivity contribution in [2.75, 3.05) is 0 Å². The number of nitrogens with zero attached hydrogens (tertiary/aromatic N) is 1. The summed E-state index contributed by atoms with van der Waals surface area (Å²) in [6.07, 6.45) is 6.44. The maximum atomic E-state index is 4.76. The smallest absolute Gasteiger partial charge is 0.0788 e. The Hall–Kier alpha value is -2.19. The minimum atomic E-state index is -1.33. The van der Waals surface area contributed by atoms with E-state index < -0.39 is 8.07 Å². The van der Waals surface area contributed by atoms with Crippen molar-refractivity contribution in [1.29, 1.82) is 0 Å². The Labute approximate surface area is 146 Å². The summed E-state index contributed by atoms with van der Waals surface area (Å²) in [4.78, 5) is 4.76. The first-order valence-electron chi connectivity index (χ1n) is 8.51. The molecule has 1 aliphatic carbocycles. The van der Waals surface area contributed by atoms with Crippen LogP contribution in [0.15, 0.2) is 83.5 Å². The van der Waals surface area contributed by atoms with E-state index in [4.69, 9.17) is 4.99 Å². The zero-order valence-corrected chi connectivity index (χ0v) is 15.7. The fourth-order valence-corrected chi connectivity index (χ4v) is 3.13. The Morgan fingerprint density at radius 2 is 1.54 bits per heavy atom. The summed E-state index contributed by atoms with van der Waals surface area (Å²) in [5, 5.41) is 1.21. The van der Waals surface area contributed by atoms with E-state index in [1.165, 1.54) is 21.9 Å². The molecule has 0 aliphatic heterocycles. The predicted molar refractivity (Wildman–Crippen MR) is 109 cm³/mol. The van der Waals surface area contributed by atoms with E-state index in [1.54, 1.807) is 0 Å². The summed E-state index contributed by atoms with van der Waals surface area (Å²) in [5.74, 6) is 0.389. The third-order valence-corrected chi connectivity index (χ3v) is 6.71. The lowest BCUT2D eigenvalue weighted by molar-refractivity contribution is 0.666. The minimum Gasteiger partial charge on any atom is -0.285 e. The van der Waals surface area contributed by atoms with Gasteiger partial charge in [0.1, 0.15) is 0 Å². The summed E-state index contributed by atoms with van der Waals surface area (Å²) in [6.45, 7) is 11.1. The molecule has 2 atom stereocenters. The molecule has 0 heterocycles.